The van der Waals surface area contributed by atoms with E-state index in [2.05, 4.69) is 20.8 Å². The van der Waals surface area contributed by atoms with Gasteiger partial charge < -0.3 is 4.42 Å². The first-order valence-corrected chi connectivity index (χ1v) is 6.08. The molecule has 2 nitrogen and oxygen atoms in total. The van der Waals surface area contributed by atoms with Gasteiger partial charge >= 0.3 is 0 Å². The lowest BCUT2D eigenvalue weighted by Crippen LogP contribution is -2.17. The summed E-state index contributed by atoms with van der Waals surface area (Å²) in [5, 5.41) is 0. The van der Waals surface area contributed by atoms with Gasteiger partial charge in [0, 0.05) is 23.1 Å². The van der Waals surface area contributed by atoms with E-state index in [4.69, 9.17) is 4.42 Å². The van der Waals surface area contributed by atoms with Crippen molar-refractivity contribution in [1.29, 1.82) is 0 Å². The summed E-state index contributed by atoms with van der Waals surface area (Å²) >= 11 is 3.37. The molecule has 17 heavy (non-hydrogen) atoms. The van der Waals surface area contributed by atoms with Crippen LogP contribution in [-0.4, -0.2) is 11.9 Å². The van der Waals surface area contributed by atoms with Crippen LogP contribution in [0.1, 0.15) is 11.1 Å². The largest absolute Gasteiger partial charge is 0.472 e. The molecule has 0 aliphatic carbocycles. The molecule has 0 N–H and O–H groups in total. The Morgan fingerprint density at radius 1 is 1.29 bits per heavy atom. The van der Waals surface area contributed by atoms with Crippen molar-refractivity contribution in [3.63, 3.8) is 0 Å². The van der Waals surface area contributed by atoms with Crippen LogP contribution in [0.4, 0.5) is 4.39 Å². The molecule has 0 fully saturated rings. The lowest BCUT2D eigenvalue weighted by atomic mass is 10.2. The van der Waals surface area contributed by atoms with Gasteiger partial charge in [0.05, 0.1) is 12.5 Å². The quantitative estimate of drug-likeness (QED) is 0.853. The van der Waals surface area contributed by atoms with E-state index in [0.29, 0.717) is 0 Å². The summed E-state index contributed by atoms with van der Waals surface area (Å²) in [6.45, 7) is 1.56. The highest BCUT2D eigenvalue weighted by Gasteiger charge is 2.06. The van der Waals surface area contributed by atoms with Crippen molar-refractivity contribution in [2.24, 2.45) is 0 Å². The second-order valence-corrected chi connectivity index (χ2v) is 4.89. The molecule has 2 rings (SSSR count). The molecule has 2 aromatic rings. The molecule has 0 bridgehead atoms. The molecule has 0 atom stereocenters. The van der Waals surface area contributed by atoms with Crippen LogP contribution in [0.2, 0.25) is 0 Å². The minimum Gasteiger partial charge on any atom is -0.472 e. The fourth-order valence-corrected chi connectivity index (χ4v) is 2.17. The Morgan fingerprint density at radius 2 is 2.12 bits per heavy atom. The summed E-state index contributed by atoms with van der Waals surface area (Å²) < 4.78 is 18.8. The number of hydrogen-bond donors (Lipinski definition) is 0. The van der Waals surface area contributed by atoms with Crippen molar-refractivity contribution in [3.8, 4) is 0 Å². The molecule has 0 saturated heterocycles. The van der Waals surface area contributed by atoms with E-state index in [1.807, 2.05) is 13.1 Å². The molecule has 0 spiro atoms. The molecule has 0 radical (unpaired) electrons. The normalized spacial score (nSPS) is 11.1. The number of furan rings is 1. The van der Waals surface area contributed by atoms with Gasteiger partial charge in [0.1, 0.15) is 5.82 Å². The minimum absolute atomic E-state index is 0.224. The molecule has 1 aromatic heterocycles. The maximum atomic E-state index is 12.9. The second-order valence-electron chi connectivity index (χ2n) is 4.04. The van der Waals surface area contributed by atoms with Crippen molar-refractivity contribution in [3.05, 3.63) is 58.2 Å². The van der Waals surface area contributed by atoms with Crippen molar-refractivity contribution in [2.45, 2.75) is 13.1 Å². The first-order chi connectivity index (χ1) is 8.15. The Kier molecular flexibility index (Phi) is 3.97. The maximum absolute atomic E-state index is 12.9. The Hall–Kier alpha value is -1.13. The Labute approximate surface area is 108 Å². The highest BCUT2D eigenvalue weighted by molar-refractivity contribution is 9.10. The third-order valence-electron chi connectivity index (χ3n) is 2.49. The summed E-state index contributed by atoms with van der Waals surface area (Å²) in [6.07, 6.45) is 3.40. The number of benzene rings is 1. The number of rotatable bonds is 4. The van der Waals surface area contributed by atoms with Gasteiger partial charge in [0.15, 0.2) is 0 Å². The van der Waals surface area contributed by atoms with E-state index in [1.165, 1.54) is 12.1 Å². The summed E-state index contributed by atoms with van der Waals surface area (Å²) in [5.41, 5.74) is 2.20. The number of halogens is 2. The predicted octanol–water partition coefficient (Wildman–Crippen LogP) is 3.81. The summed E-state index contributed by atoms with van der Waals surface area (Å²) in [4.78, 5) is 2.14. The summed E-state index contributed by atoms with van der Waals surface area (Å²) in [6, 6.07) is 6.70. The molecule has 4 heteroatoms. The summed E-state index contributed by atoms with van der Waals surface area (Å²) in [7, 11) is 2.02. The molecule has 1 aromatic carbocycles. The van der Waals surface area contributed by atoms with E-state index in [-0.39, 0.29) is 5.82 Å². The molecule has 0 unspecified atom stereocenters. The van der Waals surface area contributed by atoms with Gasteiger partial charge in [-0.05, 0) is 30.8 Å². The number of hydrogen-bond acceptors (Lipinski definition) is 2. The van der Waals surface area contributed by atoms with Crippen LogP contribution in [0.25, 0.3) is 0 Å². The first-order valence-electron chi connectivity index (χ1n) is 5.28. The fourth-order valence-electron chi connectivity index (χ4n) is 1.69. The van der Waals surface area contributed by atoms with Gasteiger partial charge in [0.25, 0.3) is 0 Å². The first kappa shape index (κ1) is 12.3. The smallest absolute Gasteiger partial charge is 0.124 e. The highest BCUT2D eigenvalue weighted by atomic mass is 79.9. The zero-order valence-corrected chi connectivity index (χ0v) is 11.1. The van der Waals surface area contributed by atoms with Gasteiger partial charge in [0.2, 0.25) is 0 Å². The molecule has 0 aliphatic rings. The Bertz CT molecular complexity index is 484. The molecule has 0 aliphatic heterocycles. The second kappa shape index (κ2) is 5.47. The molecular weight excluding hydrogens is 285 g/mol. The van der Waals surface area contributed by atoms with Crippen LogP contribution in [0.5, 0.6) is 0 Å². The topological polar surface area (TPSA) is 16.4 Å². The van der Waals surface area contributed by atoms with E-state index >= 15 is 0 Å². The van der Waals surface area contributed by atoms with Crippen LogP contribution in [0.15, 0.2) is 45.7 Å². The molecule has 1 heterocycles. The molecule has 90 valence electrons. The molecule has 0 saturated carbocycles. The monoisotopic (exact) mass is 297 g/mol. The average Bonchev–Trinajstić information content (AvgIpc) is 2.75. The van der Waals surface area contributed by atoms with Gasteiger partial charge in [-0.1, -0.05) is 22.0 Å². The lowest BCUT2D eigenvalue weighted by Gasteiger charge is -2.16. The van der Waals surface area contributed by atoms with Crippen LogP contribution < -0.4 is 0 Å². The fraction of sp³-hybridized carbons (Fsp3) is 0.231. The van der Waals surface area contributed by atoms with E-state index < -0.39 is 0 Å². The zero-order chi connectivity index (χ0) is 12.3. The summed E-state index contributed by atoms with van der Waals surface area (Å²) in [5.74, 6) is -0.224. The SMILES string of the molecule is CN(Cc1ccoc1)Cc1ccc(F)cc1Br. The van der Waals surface area contributed by atoms with Crippen molar-refractivity contribution >= 4 is 15.9 Å². The third-order valence-corrected chi connectivity index (χ3v) is 3.23. The van der Waals surface area contributed by atoms with Gasteiger partial charge in [-0.3, -0.25) is 4.90 Å². The van der Waals surface area contributed by atoms with E-state index in [0.717, 1.165) is 28.7 Å². The average molecular weight is 298 g/mol. The standard InChI is InChI=1S/C13H13BrFNO/c1-16(7-10-4-5-17-9-10)8-11-2-3-12(15)6-13(11)14/h2-6,9H,7-8H2,1H3. The van der Waals surface area contributed by atoms with Gasteiger partial charge in [-0.15, -0.1) is 0 Å². The zero-order valence-electron chi connectivity index (χ0n) is 9.49. The third kappa shape index (κ3) is 3.41. The predicted molar refractivity (Wildman–Crippen MR) is 68.0 cm³/mol. The van der Waals surface area contributed by atoms with Crippen molar-refractivity contribution < 1.29 is 8.81 Å². The molecular formula is C13H13BrFNO. The van der Waals surface area contributed by atoms with E-state index in [1.54, 1.807) is 18.6 Å². The van der Waals surface area contributed by atoms with Crippen LogP contribution in [-0.2, 0) is 13.1 Å². The Balaban J connectivity index is 2.00. The van der Waals surface area contributed by atoms with Gasteiger partial charge in [-0.25, -0.2) is 4.39 Å². The Morgan fingerprint density at radius 3 is 2.76 bits per heavy atom. The van der Waals surface area contributed by atoms with Crippen molar-refractivity contribution in [1.82, 2.24) is 4.90 Å². The van der Waals surface area contributed by atoms with Gasteiger partial charge in [-0.2, -0.15) is 0 Å². The number of nitrogens with zero attached hydrogens (tertiary/aromatic N) is 1. The maximum Gasteiger partial charge on any atom is 0.124 e. The van der Waals surface area contributed by atoms with Crippen molar-refractivity contribution in [2.75, 3.05) is 7.05 Å². The minimum atomic E-state index is -0.224. The van der Waals surface area contributed by atoms with Crippen LogP contribution in [0.3, 0.4) is 0 Å². The molecule has 0 amide bonds. The lowest BCUT2D eigenvalue weighted by molar-refractivity contribution is 0.317. The van der Waals surface area contributed by atoms with E-state index in [9.17, 15) is 4.39 Å². The van der Waals surface area contributed by atoms with Crippen LogP contribution >= 0.6 is 15.9 Å². The highest BCUT2D eigenvalue weighted by Crippen LogP contribution is 2.20. The van der Waals surface area contributed by atoms with Crippen LogP contribution in [0, 0.1) is 5.82 Å².